The Labute approximate surface area is 196 Å². The number of benzene rings is 2. The summed E-state index contributed by atoms with van der Waals surface area (Å²) in [6.45, 7) is 0. The lowest BCUT2D eigenvalue weighted by molar-refractivity contribution is -0.120. The maximum atomic E-state index is 13.4. The van der Waals surface area contributed by atoms with Crippen LogP contribution in [0.15, 0.2) is 71.8 Å². The maximum Gasteiger partial charge on any atom is 0.256 e. The minimum atomic E-state index is -0.867. The van der Waals surface area contributed by atoms with E-state index in [-0.39, 0.29) is 11.8 Å². The molecule has 7 nitrogen and oxygen atoms in total. The molecule has 0 aliphatic heterocycles. The van der Waals surface area contributed by atoms with Crippen molar-refractivity contribution in [1.29, 1.82) is 0 Å². The molecule has 2 amide bonds. The van der Waals surface area contributed by atoms with Crippen LogP contribution in [0, 0.1) is 0 Å². The summed E-state index contributed by atoms with van der Waals surface area (Å²) in [7, 11) is 2.31. The molecule has 1 heterocycles. The lowest BCUT2D eigenvalue weighted by atomic mass is 10.0. The van der Waals surface area contributed by atoms with Crippen LogP contribution >= 0.6 is 10.0 Å². The number of anilines is 2. The summed E-state index contributed by atoms with van der Waals surface area (Å²) < 4.78 is 5.23. The second-order valence-electron chi connectivity index (χ2n) is 8.41. The predicted octanol–water partition coefficient (Wildman–Crippen LogP) is 4.18. The van der Waals surface area contributed by atoms with Gasteiger partial charge in [0.2, 0.25) is 0 Å². The van der Waals surface area contributed by atoms with Gasteiger partial charge in [-0.15, -0.1) is 0 Å². The minimum absolute atomic E-state index is 0.319. The summed E-state index contributed by atoms with van der Waals surface area (Å²) >= 11 is 0. The molecule has 0 aliphatic carbocycles. The van der Waals surface area contributed by atoms with Gasteiger partial charge in [0.25, 0.3) is 11.8 Å². The molecular formula is C25H30N4O3S. The number of hydrogen-bond acceptors (Lipinski definition) is 5. The van der Waals surface area contributed by atoms with Crippen LogP contribution in [0.2, 0.25) is 0 Å². The van der Waals surface area contributed by atoms with E-state index in [0.29, 0.717) is 28.4 Å². The van der Waals surface area contributed by atoms with Crippen LogP contribution in [0.5, 0.6) is 5.75 Å². The van der Waals surface area contributed by atoms with E-state index in [1.807, 2.05) is 24.3 Å². The predicted molar refractivity (Wildman–Crippen MR) is 135 cm³/mol. The number of hydrogen-bond donors (Lipinski definition) is 2. The maximum absolute atomic E-state index is 13.4. The van der Waals surface area contributed by atoms with Crippen molar-refractivity contribution in [2.45, 2.75) is 10.9 Å². The average Bonchev–Trinajstić information content (AvgIpc) is 2.79. The molecule has 3 aromatic rings. The molecule has 1 aromatic heterocycles. The summed E-state index contributed by atoms with van der Waals surface area (Å²) in [6.07, 6.45) is 8.05. The summed E-state index contributed by atoms with van der Waals surface area (Å²) in [5.41, 5.74) is 7.31. The highest BCUT2D eigenvalue weighted by atomic mass is 32.3. The highest BCUT2D eigenvalue weighted by Gasteiger charge is 2.29. The Morgan fingerprint density at radius 3 is 2.15 bits per heavy atom. The SMILES string of the molecule is COc1ccc(C(C(=O)Nc2ccc(S(C)(C)C)cc2)N(C)C(=O)c2ccc(N)nc2)cc1. The number of carbonyl (C=O) groups excluding carboxylic acids is 2. The largest absolute Gasteiger partial charge is 0.497 e. The molecular weight excluding hydrogens is 436 g/mol. The first-order valence-corrected chi connectivity index (χ1v) is 13.2. The number of ether oxygens (including phenoxy) is 1. The third-order valence-electron chi connectivity index (χ3n) is 5.25. The van der Waals surface area contributed by atoms with Crippen molar-refractivity contribution in [2.75, 3.05) is 44.0 Å². The number of aromatic nitrogens is 1. The first-order chi connectivity index (χ1) is 15.6. The van der Waals surface area contributed by atoms with Gasteiger partial charge in [0, 0.05) is 18.9 Å². The first-order valence-electron chi connectivity index (χ1n) is 10.3. The third-order valence-corrected chi connectivity index (χ3v) is 6.94. The Morgan fingerprint density at radius 2 is 1.64 bits per heavy atom. The highest BCUT2D eigenvalue weighted by Crippen LogP contribution is 2.45. The van der Waals surface area contributed by atoms with E-state index in [9.17, 15) is 9.59 Å². The van der Waals surface area contributed by atoms with Crippen molar-refractivity contribution < 1.29 is 14.3 Å². The van der Waals surface area contributed by atoms with Crippen molar-refractivity contribution in [3.8, 4) is 5.75 Å². The Hall–Kier alpha value is -3.52. The summed E-state index contributed by atoms with van der Waals surface area (Å²) in [6, 6.07) is 17.2. The monoisotopic (exact) mass is 466 g/mol. The molecule has 0 saturated carbocycles. The fourth-order valence-electron chi connectivity index (χ4n) is 3.35. The molecule has 174 valence electrons. The van der Waals surface area contributed by atoms with Gasteiger partial charge in [0.05, 0.1) is 12.7 Å². The zero-order valence-corrected chi connectivity index (χ0v) is 20.3. The quantitative estimate of drug-likeness (QED) is 0.544. The Balaban J connectivity index is 1.91. The van der Waals surface area contributed by atoms with E-state index in [1.54, 1.807) is 50.6 Å². The van der Waals surface area contributed by atoms with Gasteiger partial charge in [-0.05, 0) is 77.8 Å². The van der Waals surface area contributed by atoms with Crippen molar-refractivity contribution in [3.63, 3.8) is 0 Å². The van der Waals surface area contributed by atoms with Gasteiger partial charge in [0.1, 0.15) is 17.6 Å². The summed E-state index contributed by atoms with van der Waals surface area (Å²) in [5.74, 6) is 0.314. The van der Waals surface area contributed by atoms with Gasteiger partial charge >= 0.3 is 0 Å². The van der Waals surface area contributed by atoms with Gasteiger partial charge in [-0.25, -0.2) is 15.0 Å². The summed E-state index contributed by atoms with van der Waals surface area (Å²) in [5, 5.41) is 2.95. The molecule has 33 heavy (non-hydrogen) atoms. The smallest absolute Gasteiger partial charge is 0.256 e. The van der Waals surface area contributed by atoms with Gasteiger partial charge in [-0.2, -0.15) is 0 Å². The van der Waals surface area contributed by atoms with Crippen molar-refractivity contribution in [2.24, 2.45) is 0 Å². The van der Waals surface area contributed by atoms with E-state index in [4.69, 9.17) is 10.5 Å². The van der Waals surface area contributed by atoms with Gasteiger partial charge in [-0.1, -0.05) is 12.1 Å². The lowest BCUT2D eigenvalue weighted by Crippen LogP contribution is -2.38. The standard InChI is InChI=1S/C25H30N4O3S/c1-29(25(31)18-8-15-22(26)27-16-18)23(17-6-11-20(32-2)12-7-17)24(30)28-19-9-13-21(14-10-19)33(3,4)5/h6-16,23H,1-5H3,(H2,26,27)(H,28,30). The molecule has 0 fully saturated rings. The van der Waals surface area contributed by atoms with E-state index in [2.05, 4.69) is 29.1 Å². The van der Waals surface area contributed by atoms with Crippen LogP contribution in [0.1, 0.15) is 22.0 Å². The van der Waals surface area contributed by atoms with Crippen LogP contribution in [0.25, 0.3) is 0 Å². The zero-order valence-electron chi connectivity index (χ0n) is 19.5. The van der Waals surface area contributed by atoms with Crippen molar-refractivity contribution >= 4 is 33.3 Å². The van der Waals surface area contributed by atoms with Gasteiger partial charge < -0.3 is 20.7 Å². The van der Waals surface area contributed by atoms with Crippen molar-refractivity contribution in [1.82, 2.24) is 9.88 Å². The second-order valence-corrected chi connectivity index (χ2v) is 12.6. The molecule has 3 rings (SSSR count). The molecule has 0 saturated heterocycles. The molecule has 1 atom stereocenters. The normalized spacial score (nSPS) is 12.5. The highest BCUT2D eigenvalue weighted by molar-refractivity contribution is 8.32. The molecule has 0 radical (unpaired) electrons. The third kappa shape index (κ3) is 5.84. The number of amides is 2. The number of nitrogen functional groups attached to an aromatic ring is 1. The van der Waals surface area contributed by atoms with Crippen LogP contribution < -0.4 is 15.8 Å². The van der Waals surface area contributed by atoms with E-state index >= 15 is 0 Å². The van der Waals surface area contributed by atoms with Gasteiger partial charge in [-0.3, -0.25) is 9.59 Å². The number of nitrogens with zero attached hydrogens (tertiary/aromatic N) is 2. The molecule has 0 aliphatic rings. The van der Waals surface area contributed by atoms with Crippen LogP contribution in [0.3, 0.4) is 0 Å². The van der Waals surface area contributed by atoms with Crippen LogP contribution in [-0.2, 0) is 4.79 Å². The summed E-state index contributed by atoms with van der Waals surface area (Å²) in [4.78, 5) is 33.2. The fraction of sp³-hybridized carbons (Fsp3) is 0.240. The molecule has 3 N–H and O–H groups in total. The number of carbonyl (C=O) groups is 2. The first kappa shape index (κ1) is 24.1. The van der Waals surface area contributed by atoms with Crippen LogP contribution in [-0.4, -0.2) is 54.6 Å². The molecule has 8 heteroatoms. The lowest BCUT2D eigenvalue weighted by Gasteiger charge is -2.28. The average molecular weight is 467 g/mol. The molecule has 0 bridgehead atoms. The number of pyridine rings is 1. The van der Waals surface area contributed by atoms with E-state index < -0.39 is 16.1 Å². The van der Waals surface area contributed by atoms with Gasteiger partial charge in [0.15, 0.2) is 0 Å². The van der Waals surface area contributed by atoms with Crippen LogP contribution in [0.4, 0.5) is 11.5 Å². The second kappa shape index (κ2) is 9.95. The Morgan fingerprint density at radius 1 is 1.00 bits per heavy atom. The molecule has 0 spiro atoms. The Bertz CT molecular complexity index is 1110. The van der Waals surface area contributed by atoms with E-state index in [0.717, 1.165) is 0 Å². The number of rotatable bonds is 7. The zero-order chi connectivity index (χ0) is 24.2. The number of nitrogens with two attached hydrogens (primary N) is 1. The topological polar surface area (TPSA) is 97.5 Å². The minimum Gasteiger partial charge on any atom is -0.497 e. The number of methoxy groups -OCH3 is 1. The fourth-order valence-corrected chi connectivity index (χ4v) is 4.30. The molecule has 1 unspecified atom stereocenters. The van der Waals surface area contributed by atoms with E-state index in [1.165, 1.54) is 16.0 Å². The Kier molecular flexibility index (Phi) is 7.28. The van der Waals surface area contributed by atoms with Crippen molar-refractivity contribution in [3.05, 3.63) is 78.0 Å². The number of nitrogens with one attached hydrogen (secondary N) is 1. The molecule has 2 aromatic carbocycles. The number of likely N-dealkylation sites (N-methyl/N-ethyl adjacent to an activating group) is 1.